The molecule has 1 aromatic rings. The molecule has 0 aromatic carbocycles. The third kappa shape index (κ3) is 4.51. The van der Waals surface area contributed by atoms with E-state index in [0.717, 1.165) is 5.69 Å². The van der Waals surface area contributed by atoms with E-state index in [1.54, 1.807) is 6.20 Å². The van der Waals surface area contributed by atoms with Crippen LogP contribution in [0.25, 0.3) is 0 Å². The normalized spacial score (nSPS) is 20.9. The standard InChI is InChI=1S/C12H17N3O3S/c16-12(15-8-11-3-1-2-5-13-11)14-7-10-4-6-19(17,18)9-10/h1-3,5,10H,4,6-9H2,(H2,14,15,16)/t10-/m0/s1. The van der Waals surface area contributed by atoms with E-state index in [-0.39, 0.29) is 23.5 Å². The molecular formula is C12H17N3O3S. The molecule has 1 aromatic heterocycles. The minimum absolute atomic E-state index is 0.0330. The molecule has 0 saturated carbocycles. The molecule has 0 radical (unpaired) electrons. The fourth-order valence-electron chi connectivity index (χ4n) is 2.01. The van der Waals surface area contributed by atoms with Gasteiger partial charge in [0.15, 0.2) is 9.84 Å². The van der Waals surface area contributed by atoms with Crippen LogP contribution in [0.15, 0.2) is 24.4 Å². The van der Waals surface area contributed by atoms with Gasteiger partial charge in [-0.3, -0.25) is 4.98 Å². The first kappa shape index (κ1) is 13.8. The van der Waals surface area contributed by atoms with Gasteiger partial charge in [-0.05, 0) is 24.5 Å². The molecule has 1 aliphatic rings. The Kier molecular flexibility index (Phi) is 4.36. The zero-order chi connectivity index (χ0) is 13.7. The predicted octanol–water partition coefficient (Wildman–Crippen LogP) is 0.316. The Morgan fingerprint density at radius 1 is 1.37 bits per heavy atom. The van der Waals surface area contributed by atoms with Gasteiger partial charge in [0.25, 0.3) is 0 Å². The average molecular weight is 283 g/mol. The molecule has 2 amide bonds. The van der Waals surface area contributed by atoms with E-state index in [1.165, 1.54) is 0 Å². The molecule has 1 atom stereocenters. The van der Waals surface area contributed by atoms with Gasteiger partial charge in [0.1, 0.15) is 0 Å². The summed E-state index contributed by atoms with van der Waals surface area (Å²) < 4.78 is 22.5. The number of carbonyl (C=O) groups is 1. The van der Waals surface area contributed by atoms with Crippen LogP contribution < -0.4 is 10.6 Å². The van der Waals surface area contributed by atoms with E-state index in [0.29, 0.717) is 19.5 Å². The van der Waals surface area contributed by atoms with Crippen molar-refractivity contribution in [3.05, 3.63) is 30.1 Å². The second-order valence-electron chi connectivity index (χ2n) is 4.65. The van der Waals surface area contributed by atoms with Gasteiger partial charge >= 0.3 is 6.03 Å². The van der Waals surface area contributed by atoms with Crippen LogP contribution in [0, 0.1) is 5.92 Å². The number of hydrogen-bond acceptors (Lipinski definition) is 4. The van der Waals surface area contributed by atoms with Gasteiger partial charge < -0.3 is 10.6 Å². The van der Waals surface area contributed by atoms with Gasteiger partial charge in [-0.2, -0.15) is 0 Å². The Balaban J connectivity index is 1.68. The third-order valence-corrected chi connectivity index (χ3v) is 4.87. The average Bonchev–Trinajstić information content (AvgIpc) is 2.75. The summed E-state index contributed by atoms with van der Waals surface area (Å²) in [7, 11) is -2.88. The van der Waals surface area contributed by atoms with Crippen LogP contribution in [-0.4, -0.2) is 37.5 Å². The fourth-order valence-corrected chi connectivity index (χ4v) is 3.87. The summed E-state index contributed by atoms with van der Waals surface area (Å²) in [6.07, 6.45) is 2.29. The lowest BCUT2D eigenvalue weighted by Crippen LogP contribution is -2.38. The van der Waals surface area contributed by atoms with Gasteiger partial charge in [-0.1, -0.05) is 6.07 Å². The molecule has 1 aliphatic heterocycles. The van der Waals surface area contributed by atoms with Crippen LogP contribution in [-0.2, 0) is 16.4 Å². The number of sulfone groups is 1. The van der Waals surface area contributed by atoms with Crippen LogP contribution in [0.4, 0.5) is 4.79 Å². The van der Waals surface area contributed by atoms with E-state index in [2.05, 4.69) is 15.6 Å². The molecule has 19 heavy (non-hydrogen) atoms. The Morgan fingerprint density at radius 2 is 2.21 bits per heavy atom. The Labute approximate surface area is 112 Å². The molecular weight excluding hydrogens is 266 g/mol. The monoisotopic (exact) mass is 283 g/mol. The lowest BCUT2D eigenvalue weighted by molar-refractivity contribution is 0.239. The van der Waals surface area contributed by atoms with Crippen LogP contribution in [0.2, 0.25) is 0 Å². The Hall–Kier alpha value is -1.63. The summed E-state index contributed by atoms with van der Waals surface area (Å²) in [5, 5.41) is 5.37. The summed E-state index contributed by atoms with van der Waals surface area (Å²) in [5.74, 6) is 0.438. The zero-order valence-corrected chi connectivity index (χ0v) is 11.3. The van der Waals surface area contributed by atoms with Crippen molar-refractivity contribution in [1.82, 2.24) is 15.6 Å². The maximum absolute atomic E-state index is 11.5. The van der Waals surface area contributed by atoms with Crippen LogP contribution in [0.1, 0.15) is 12.1 Å². The lowest BCUT2D eigenvalue weighted by atomic mass is 10.1. The number of nitrogens with zero attached hydrogens (tertiary/aromatic N) is 1. The van der Waals surface area contributed by atoms with E-state index in [9.17, 15) is 13.2 Å². The van der Waals surface area contributed by atoms with Crippen LogP contribution in [0.3, 0.4) is 0 Å². The highest BCUT2D eigenvalue weighted by Crippen LogP contribution is 2.17. The Bertz CT molecular complexity index is 530. The van der Waals surface area contributed by atoms with Crippen molar-refractivity contribution >= 4 is 15.9 Å². The van der Waals surface area contributed by atoms with Crippen molar-refractivity contribution in [2.45, 2.75) is 13.0 Å². The maximum Gasteiger partial charge on any atom is 0.315 e. The molecule has 2 rings (SSSR count). The number of urea groups is 1. The summed E-state index contributed by atoms with van der Waals surface area (Å²) >= 11 is 0. The predicted molar refractivity (Wildman–Crippen MR) is 71.2 cm³/mol. The molecule has 104 valence electrons. The lowest BCUT2D eigenvalue weighted by Gasteiger charge is -2.10. The second-order valence-corrected chi connectivity index (χ2v) is 6.88. The highest BCUT2D eigenvalue weighted by atomic mass is 32.2. The minimum atomic E-state index is -2.88. The SMILES string of the molecule is O=C(NCc1ccccn1)NC[C@@H]1CCS(=O)(=O)C1. The van der Waals surface area contributed by atoms with E-state index in [1.807, 2.05) is 18.2 Å². The molecule has 0 bridgehead atoms. The van der Waals surface area contributed by atoms with Crippen molar-refractivity contribution in [3.8, 4) is 0 Å². The van der Waals surface area contributed by atoms with Gasteiger partial charge in [0.05, 0.1) is 23.7 Å². The van der Waals surface area contributed by atoms with Crippen LogP contribution in [0.5, 0.6) is 0 Å². The number of rotatable bonds is 4. The van der Waals surface area contributed by atoms with Gasteiger partial charge in [0, 0.05) is 12.7 Å². The summed E-state index contributed by atoms with van der Waals surface area (Å²) in [6.45, 7) is 0.753. The van der Waals surface area contributed by atoms with E-state index >= 15 is 0 Å². The number of aromatic nitrogens is 1. The first-order valence-corrected chi connectivity index (χ1v) is 7.99. The summed E-state index contributed by atoms with van der Waals surface area (Å²) in [4.78, 5) is 15.6. The van der Waals surface area contributed by atoms with Gasteiger partial charge in [-0.15, -0.1) is 0 Å². The topological polar surface area (TPSA) is 88.2 Å². The number of carbonyl (C=O) groups excluding carboxylic acids is 1. The van der Waals surface area contributed by atoms with E-state index in [4.69, 9.17) is 0 Å². The smallest absolute Gasteiger partial charge is 0.315 e. The number of amides is 2. The molecule has 7 heteroatoms. The van der Waals surface area contributed by atoms with Crippen LogP contribution >= 0.6 is 0 Å². The second kappa shape index (κ2) is 6.01. The minimum Gasteiger partial charge on any atom is -0.338 e. The van der Waals surface area contributed by atoms with Crippen molar-refractivity contribution in [2.75, 3.05) is 18.1 Å². The quantitative estimate of drug-likeness (QED) is 0.832. The molecule has 2 N–H and O–H groups in total. The van der Waals surface area contributed by atoms with Crippen molar-refractivity contribution in [2.24, 2.45) is 5.92 Å². The molecule has 0 aliphatic carbocycles. The first-order chi connectivity index (χ1) is 9.05. The van der Waals surface area contributed by atoms with Gasteiger partial charge in [0.2, 0.25) is 0 Å². The fraction of sp³-hybridized carbons (Fsp3) is 0.500. The van der Waals surface area contributed by atoms with Crippen molar-refractivity contribution in [3.63, 3.8) is 0 Å². The molecule has 2 heterocycles. The highest BCUT2D eigenvalue weighted by Gasteiger charge is 2.27. The summed E-state index contributed by atoms with van der Waals surface area (Å²) in [6, 6.07) is 5.19. The Morgan fingerprint density at radius 3 is 2.84 bits per heavy atom. The number of hydrogen-bond donors (Lipinski definition) is 2. The van der Waals surface area contributed by atoms with Crippen molar-refractivity contribution < 1.29 is 13.2 Å². The number of nitrogens with one attached hydrogen (secondary N) is 2. The highest BCUT2D eigenvalue weighted by molar-refractivity contribution is 7.91. The molecule has 6 nitrogen and oxygen atoms in total. The molecule has 0 spiro atoms. The zero-order valence-electron chi connectivity index (χ0n) is 10.5. The first-order valence-electron chi connectivity index (χ1n) is 6.17. The largest absolute Gasteiger partial charge is 0.338 e. The summed E-state index contributed by atoms with van der Waals surface area (Å²) in [5.41, 5.74) is 0.779. The van der Waals surface area contributed by atoms with Gasteiger partial charge in [-0.25, -0.2) is 13.2 Å². The molecule has 1 fully saturated rings. The van der Waals surface area contributed by atoms with Crippen molar-refractivity contribution in [1.29, 1.82) is 0 Å². The molecule has 0 unspecified atom stereocenters. The maximum atomic E-state index is 11.5. The van der Waals surface area contributed by atoms with E-state index < -0.39 is 9.84 Å². The number of pyridine rings is 1. The molecule has 1 saturated heterocycles. The third-order valence-electron chi connectivity index (χ3n) is 3.03.